The van der Waals surface area contributed by atoms with Gasteiger partial charge in [-0.1, -0.05) is 6.07 Å². The molecule has 1 unspecified atom stereocenters. The van der Waals surface area contributed by atoms with Gasteiger partial charge in [0.15, 0.2) is 5.82 Å². The number of amides is 1. The third-order valence-electron chi connectivity index (χ3n) is 5.48. The smallest absolute Gasteiger partial charge is 0.271 e. The SMILES string of the molecule is COc1ccc(-c2ccc(N3CCCC(C(=O)Nc4cccc([N+](=O)[O-])c4)C3)nn2)cc1. The van der Waals surface area contributed by atoms with Crippen molar-refractivity contribution >= 4 is 23.1 Å². The van der Waals surface area contributed by atoms with Crippen molar-refractivity contribution < 1.29 is 14.5 Å². The third kappa shape index (κ3) is 4.83. The van der Waals surface area contributed by atoms with Gasteiger partial charge < -0.3 is 15.0 Å². The minimum absolute atomic E-state index is 0.0553. The number of nitrogens with one attached hydrogen (secondary N) is 1. The first-order chi connectivity index (χ1) is 15.5. The number of carbonyl (C=O) groups is 1. The molecule has 1 aliphatic heterocycles. The molecule has 2 aromatic carbocycles. The van der Waals surface area contributed by atoms with E-state index in [2.05, 4.69) is 15.5 Å². The maximum Gasteiger partial charge on any atom is 0.271 e. The molecule has 0 radical (unpaired) electrons. The summed E-state index contributed by atoms with van der Waals surface area (Å²) in [5, 5.41) is 22.5. The Morgan fingerprint density at radius 2 is 1.97 bits per heavy atom. The lowest BCUT2D eigenvalue weighted by molar-refractivity contribution is -0.384. The number of rotatable bonds is 6. The van der Waals surface area contributed by atoms with Gasteiger partial charge >= 0.3 is 0 Å². The Morgan fingerprint density at radius 3 is 2.66 bits per heavy atom. The quantitative estimate of drug-likeness (QED) is 0.463. The zero-order valence-electron chi connectivity index (χ0n) is 17.6. The number of hydrogen-bond acceptors (Lipinski definition) is 7. The number of methoxy groups -OCH3 is 1. The molecule has 0 bridgehead atoms. The normalized spacial score (nSPS) is 15.8. The van der Waals surface area contributed by atoms with E-state index >= 15 is 0 Å². The fourth-order valence-electron chi connectivity index (χ4n) is 3.75. The van der Waals surface area contributed by atoms with Crippen LogP contribution < -0.4 is 15.0 Å². The molecule has 32 heavy (non-hydrogen) atoms. The van der Waals surface area contributed by atoms with Crippen LogP contribution in [0.3, 0.4) is 0 Å². The van der Waals surface area contributed by atoms with Crippen molar-refractivity contribution in [3.63, 3.8) is 0 Å². The van der Waals surface area contributed by atoms with E-state index in [0.717, 1.165) is 42.2 Å². The lowest BCUT2D eigenvalue weighted by Crippen LogP contribution is -2.41. The van der Waals surface area contributed by atoms with Crippen LogP contribution in [-0.2, 0) is 4.79 Å². The fraction of sp³-hybridized carbons (Fsp3) is 0.261. The van der Waals surface area contributed by atoms with E-state index in [1.165, 1.54) is 12.1 Å². The fourth-order valence-corrected chi connectivity index (χ4v) is 3.75. The molecule has 0 saturated carbocycles. The monoisotopic (exact) mass is 433 g/mol. The molecule has 1 N–H and O–H groups in total. The van der Waals surface area contributed by atoms with E-state index in [1.54, 1.807) is 19.2 Å². The van der Waals surface area contributed by atoms with Crippen molar-refractivity contribution in [1.82, 2.24) is 10.2 Å². The molecule has 1 atom stereocenters. The summed E-state index contributed by atoms with van der Waals surface area (Å²) in [6.07, 6.45) is 1.59. The summed E-state index contributed by atoms with van der Waals surface area (Å²) in [5.74, 6) is 1.10. The van der Waals surface area contributed by atoms with Crippen LogP contribution in [0.2, 0.25) is 0 Å². The molecule has 9 nitrogen and oxygen atoms in total. The van der Waals surface area contributed by atoms with Gasteiger partial charge in [0.05, 0.1) is 23.6 Å². The van der Waals surface area contributed by atoms with Crippen LogP contribution >= 0.6 is 0 Å². The molecule has 1 amide bonds. The highest BCUT2D eigenvalue weighted by atomic mass is 16.6. The molecule has 1 aromatic heterocycles. The summed E-state index contributed by atoms with van der Waals surface area (Å²) in [7, 11) is 1.62. The van der Waals surface area contributed by atoms with E-state index in [4.69, 9.17) is 4.74 Å². The Bertz CT molecular complexity index is 1100. The number of hydrogen-bond donors (Lipinski definition) is 1. The maximum absolute atomic E-state index is 12.8. The van der Waals surface area contributed by atoms with E-state index in [9.17, 15) is 14.9 Å². The second-order valence-electron chi connectivity index (χ2n) is 7.59. The summed E-state index contributed by atoms with van der Waals surface area (Å²) in [4.78, 5) is 25.3. The minimum atomic E-state index is -0.480. The van der Waals surface area contributed by atoms with Gasteiger partial charge in [-0.15, -0.1) is 10.2 Å². The van der Waals surface area contributed by atoms with Gasteiger partial charge in [0, 0.05) is 36.5 Å². The molecule has 2 heterocycles. The number of ether oxygens (including phenoxy) is 1. The molecule has 164 valence electrons. The van der Waals surface area contributed by atoms with Crippen LogP contribution in [0, 0.1) is 16.0 Å². The molecule has 1 fully saturated rings. The standard InChI is InChI=1S/C23H23N5O4/c1-32-20-9-7-16(8-10-20)21-11-12-22(26-25-21)27-13-3-4-17(15-27)23(29)24-18-5-2-6-19(14-18)28(30)31/h2,5-12,14,17H,3-4,13,15H2,1H3,(H,24,29). The second kappa shape index (κ2) is 9.42. The second-order valence-corrected chi connectivity index (χ2v) is 7.59. The van der Waals surface area contributed by atoms with Gasteiger partial charge in [0.25, 0.3) is 5.69 Å². The number of nitro groups is 1. The number of nitrogens with zero attached hydrogens (tertiary/aromatic N) is 4. The molecule has 9 heteroatoms. The van der Waals surface area contributed by atoms with Crippen molar-refractivity contribution in [2.75, 3.05) is 30.4 Å². The molecule has 0 aliphatic carbocycles. The topological polar surface area (TPSA) is 110 Å². The van der Waals surface area contributed by atoms with Crippen LogP contribution in [0.1, 0.15) is 12.8 Å². The number of nitro benzene ring substituents is 1. The first kappa shape index (κ1) is 21.2. The first-order valence-corrected chi connectivity index (χ1v) is 10.3. The Hall–Kier alpha value is -4.01. The largest absolute Gasteiger partial charge is 0.497 e. The lowest BCUT2D eigenvalue weighted by atomic mass is 9.97. The summed E-state index contributed by atoms with van der Waals surface area (Å²) in [6, 6.07) is 17.4. The minimum Gasteiger partial charge on any atom is -0.497 e. The molecular weight excluding hydrogens is 410 g/mol. The number of non-ortho nitro benzene ring substituents is 1. The Balaban J connectivity index is 1.41. The van der Waals surface area contributed by atoms with Gasteiger partial charge in [0.1, 0.15) is 5.75 Å². The van der Waals surface area contributed by atoms with Crippen LogP contribution in [0.5, 0.6) is 5.75 Å². The Labute approximate surface area is 185 Å². The molecule has 4 rings (SSSR count). The van der Waals surface area contributed by atoms with Crippen molar-refractivity contribution in [2.24, 2.45) is 5.92 Å². The van der Waals surface area contributed by atoms with Gasteiger partial charge in [-0.3, -0.25) is 14.9 Å². The zero-order chi connectivity index (χ0) is 22.5. The van der Waals surface area contributed by atoms with Crippen LogP contribution in [0.25, 0.3) is 11.3 Å². The lowest BCUT2D eigenvalue weighted by Gasteiger charge is -2.32. The molecule has 1 saturated heterocycles. The highest BCUT2D eigenvalue weighted by Gasteiger charge is 2.27. The van der Waals surface area contributed by atoms with Crippen molar-refractivity contribution in [3.8, 4) is 17.0 Å². The summed E-state index contributed by atoms with van der Waals surface area (Å²) in [5.41, 5.74) is 2.07. The number of benzene rings is 2. The highest BCUT2D eigenvalue weighted by Crippen LogP contribution is 2.26. The van der Waals surface area contributed by atoms with Gasteiger partial charge in [-0.05, 0) is 55.3 Å². The third-order valence-corrected chi connectivity index (χ3v) is 5.48. The van der Waals surface area contributed by atoms with E-state index < -0.39 is 4.92 Å². The molecular formula is C23H23N5O4. The Morgan fingerprint density at radius 1 is 1.16 bits per heavy atom. The van der Waals surface area contributed by atoms with E-state index in [-0.39, 0.29) is 17.5 Å². The number of carbonyl (C=O) groups excluding carboxylic acids is 1. The average molecular weight is 433 g/mol. The summed E-state index contributed by atoms with van der Waals surface area (Å²) in [6.45, 7) is 1.30. The first-order valence-electron chi connectivity index (χ1n) is 10.3. The van der Waals surface area contributed by atoms with Crippen LogP contribution in [0.4, 0.5) is 17.2 Å². The zero-order valence-corrected chi connectivity index (χ0v) is 17.6. The van der Waals surface area contributed by atoms with Crippen LogP contribution in [0.15, 0.2) is 60.7 Å². The number of piperidine rings is 1. The maximum atomic E-state index is 12.8. The number of aromatic nitrogens is 2. The Kier molecular flexibility index (Phi) is 6.25. The number of anilines is 2. The predicted octanol–water partition coefficient (Wildman–Crippen LogP) is 3.92. The van der Waals surface area contributed by atoms with E-state index in [0.29, 0.717) is 12.2 Å². The van der Waals surface area contributed by atoms with Crippen LogP contribution in [-0.4, -0.2) is 41.2 Å². The highest BCUT2D eigenvalue weighted by molar-refractivity contribution is 5.93. The van der Waals surface area contributed by atoms with Crippen molar-refractivity contribution in [2.45, 2.75) is 12.8 Å². The van der Waals surface area contributed by atoms with Crippen molar-refractivity contribution in [1.29, 1.82) is 0 Å². The van der Waals surface area contributed by atoms with Gasteiger partial charge in [0.2, 0.25) is 5.91 Å². The molecule has 3 aromatic rings. The van der Waals surface area contributed by atoms with E-state index in [1.807, 2.05) is 41.3 Å². The van der Waals surface area contributed by atoms with Gasteiger partial charge in [-0.2, -0.15) is 0 Å². The van der Waals surface area contributed by atoms with Crippen molar-refractivity contribution in [3.05, 3.63) is 70.8 Å². The molecule has 1 aliphatic rings. The predicted molar refractivity (Wildman–Crippen MR) is 121 cm³/mol. The summed E-state index contributed by atoms with van der Waals surface area (Å²) >= 11 is 0. The van der Waals surface area contributed by atoms with Gasteiger partial charge in [-0.25, -0.2) is 0 Å². The molecule has 0 spiro atoms. The summed E-state index contributed by atoms with van der Waals surface area (Å²) < 4.78 is 5.18. The average Bonchev–Trinajstić information content (AvgIpc) is 2.84.